The van der Waals surface area contributed by atoms with Gasteiger partial charge in [-0.05, 0) is 23.8 Å². The van der Waals surface area contributed by atoms with Gasteiger partial charge in [-0.2, -0.15) is 5.10 Å². The van der Waals surface area contributed by atoms with Crippen LogP contribution >= 0.6 is 0 Å². The van der Waals surface area contributed by atoms with E-state index in [1.54, 1.807) is 24.4 Å². The van der Waals surface area contributed by atoms with Crippen molar-refractivity contribution in [2.45, 2.75) is 0 Å². The van der Waals surface area contributed by atoms with Crippen LogP contribution in [0.15, 0.2) is 36.5 Å². The van der Waals surface area contributed by atoms with E-state index in [9.17, 15) is 4.39 Å². The molecule has 4 heteroatoms. The molecule has 0 bridgehead atoms. The van der Waals surface area contributed by atoms with Gasteiger partial charge in [-0.3, -0.25) is 0 Å². The summed E-state index contributed by atoms with van der Waals surface area (Å²) < 4.78 is 12.6. The second kappa shape index (κ2) is 3.41. The van der Waals surface area contributed by atoms with Crippen LogP contribution in [0.4, 0.5) is 10.2 Å². The van der Waals surface area contributed by atoms with E-state index in [4.69, 9.17) is 5.73 Å². The first-order valence-corrected chi connectivity index (χ1v) is 4.10. The number of aromatic nitrogens is 2. The molecule has 1 aromatic heterocycles. The van der Waals surface area contributed by atoms with Gasteiger partial charge < -0.3 is 5.73 Å². The Kier molecular flexibility index (Phi) is 2.10. The largest absolute Gasteiger partial charge is 0.382 e. The van der Waals surface area contributed by atoms with E-state index in [0.29, 0.717) is 5.82 Å². The van der Waals surface area contributed by atoms with Crippen LogP contribution in [0.3, 0.4) is 0 Å². The van der Waals surface area contributed by atoms with Crippen LogP contribution in [-0.2, 0) is 0 Å². The van der Waals surface area contributed by atoms with Crippen LogP contribution < -0.4 is 5.73 Å². The maximum absolute atomic E-state index is 12.6. The zero-order valence-corrected chi connectivity index (χ0v) is 7.31. The minimum Gasteiger partial charge on any atom is -0.382 e. The molecule has 0 saturated carbocycles. The van der Waals surface area contributed by atoms with Crippen molar-refractivity contribution in [2.75, 3.05) is 5.73 Å². The highest BCUT2D eigenvalue weighted by atomic mass is 19.1. The minimum atomic E-state index is -0.269. The third-order valence-electron chi connectivity index (χ3n) is 1.90. The van der Waals surface area contributed by atoms with Crippen LogP contribution in [0.2, 0.25) is 0 Å². The molecule has 1 heterocycles. The number of benzene rings is 1. The van der Waals surface area contributed by atoms with Crippen molar-refractivity contribution in [1.82, 2.24) is 10.2 Å². The van der Waals surface area contributed by atoms with Gasteiger partial charge in [0, 0.05) is 5.56 Å². The Morgan fingerprint density at radius 1 is 1.07 bits per heavy atom. The molecule has 0 spiro atoms. The first-order valence-electron chi connectivity index (χ1n) is 4.10. The van der Waals surface area contributed by atoms with Gasteiger partial charge in [0.25, 0.3) is 0 Å². The molecule has 0 amide bonds. The van der Waals surface area contributed by atoms with Gasteiger partial charge in [0.1, 0.15) is 5.82 Å². The Bertz CT molecular complexity index is 439. The first kappa shape index (κ1) is 8.62. The molecule has 0 radical (unpaired) electrons. The summed E-state index contributed by atoms with van der Waals surface area (Å²) in [6, 6.07) is 7.82. The van der Waals surface area contributed by atoms with Crippen LogP contribution in [0.1, 0.15) is 0 Å². The molecule has 2 rings (SSSR count). The lowest BCUT2D eigenvalue weighted by Crippen LogP contribution is -1.95. The van der Waals surface area contributed by atoms with E-state index in [0.717, 1.165) is 11.1 Å². The normalized spacial score (nSPS) is 10.1. The van der Waals surface area contributed by atoms with Gasteiger partial charge in [0.05, 0.1) is 6.20 Å². The lowest BCUT2D eigenvalue weighted by atomic mass is 10.1. The predicted molar refractivity (Wildman–Crippen MR) is 51.8 cm³/mol. The second-order valence-corrected chi connectivity index (χ2v) is 2.84. The van der Waals surface area contributed by atoms with Gasteiger partial charge in [0.2, 0.25) is 0 Å². The lowest BCUT2D eigenvalue weighted by molar-refractivity contribution is 0.628. The van der Waals surface area contributed by atoms with Crippen LogP contribution in [0.25, 0.3) is 11.1 Å². The predicted octanol–water partition coefficient (Wildman–Crippen LogP) is 1.86. The van der Waals surface area contributed by atoms with Gasteiger partial charge in [0.15, 0.2) is 5.82 Å². The maximum atomic E-state index is 12.6. The number of halogens is 1. The summed E-state index contributed by atoms with van der Waals surface area (Å²) >= 11 is 0. The number of rotatable bonds is 1. The summed E-state index contributed by atoms with van der Waals surface area (Å²) in [6.07, 6.45) is 1.55. The van der Waals surface area contributed by atoms with Crippen molar-refractivity contribution in [1.29, 1.82) is 0 Å². The molecule has 0 atom stereocenters. The summed E-state index contributed by atoms with van der Waals surface area (Å²) in [5.74, 6) is 0.0773. The molecule has 0 aliphatic rings. The molecule has 70 valence electrons. The SMILES string of the molecule is Nc1nnccc1-c1ccc(F)cc1. The zero-order valence-electron chi connectivity index (χ0n) is 7.31. The highest BCUT2D eigenvalue weighted by molar-refractivity contribution is 5.72. The van der Waals surface area contributed by atoms with Gasteiger partial charge in [-0.25, -0.2) is 4.39 Å². The topological polar surface area (TPSA) is 51.8 Å². The maximum Gasteiger partial charge on any atom is 0.153 e. The van der Waals surface area contributed by atoms with Gasteiger partial charge >= 0.3 is 0 Å². The van der Waals surface area contributed by atoms with Gasteiger partial charge in [-0.15, -0.1) is 5.10 Å². The molecule has 3 nitrogen and oxygen atoms in total. The molecule has 14 heavy (non-hydrogen) atoms. The van der Waals surface area contributed by atoms with Crippen LogP contribution in [0, 0.1) is 5.82 Å². The molecule has 0 unspecified atom stereocenters. The Balaban J connectivity index is 2.50. The Morgan fingerprint density at radius 3 is 2.43 bits per heavy atom. The Hall–Kier alpha value is -1.97. The second-order valence-electron chi connectivity index (χ2n) is 2.84. The average Bonchev–Trinajstić information content (AvgIpc) is 2.20. The molecule has 0 aliphatic carbocycles. The lowest BCUT2D eigenvalue weighted by Gasteiger charge is -2.02. The standard InChI is InChI=1S/C10H8FN3/c11-8-3-1-7(2-4-8)9-5-6-13-14-10(9)12/h1-6H,(H2,12,14). The molecule has 0 aliphatic heterocycles. The fourth-order valence-corrected chi connectivity index (χ4v) is 1.22. The summed E-state index contributed by atoms with van der Waals surface area (Å²) in [4.78, 5) is 0. The number of nitrogen functional groups attached to an aromatic ring is 1. The number of hydrogen-bond donors (Lipinski definition) is 1. The van der Waals surface area contributed by atoms with Crippen LogP contribution in [-0.4, -0.2) is 10.2 Å². The number of hydrogen-bond acceptors (Lipinski definition) is 3. The molecular weight excluding hydrogens is 181 g/mol. The summed E-state index contributed by atoms with van der Waals surface area (Å²) in [5, 5.41) is 7.35. The van der Waals surface area contributed by atoms with Crippen molar-refractivity contribution in [3.05, 3.63) is 42.3 Å². The van der Waals surface area contributed by atoms with E-state index >= 15 is 0 Å². The van der Waals surface area contributed by atoms with Crippen molar-refractivity contribution in [3.63, 3.8) is 0 Å². The van der Waals surface area contributed by atoms with Crippen molar-refractivity contribution in [3.8, 4) is 11.1 Å². The Labute approximate surface area is 80.4 Å². The van der Waals surface area contributed by atoms with Crippen molar-refractivity contribution >= 4 is 5.82 Å². The molecular formula is C10H8FN3. The quantitative estimate of drug-likeness (QED) is 0.744. The van der Waals surface area contributed by atoms with Gasteiger partial charge in [-0.1, -0.05) is 12.1 Å². The van der Waals surface area contributed by atoms with Crippen molar-refractivity contribution in [2.24, 2.45) is 0 Å². The van der Waals surface area contributed by atoms with E-state index in [2.05, 4.69) is 10.2 Å². The van der Waals surface area contributed by atoms with E-state index < -0.39 is 0 Å². The third-order valence-corrected chi connectivity index (χ3v) is 1.90. The van der Waals surface area contributed by atoms with Crippen molar-refractivity contribution < 1.29 is 4.39 Å². The molecule has 0 fully saturated rings. The smallest absolute Gasteiger partial charge is 0.153 e. The fourth-order valence-electron chi connectivity index (χ4n) is 1.22. The van der Waals surface area contributed by atoms with Crippen LogP contribution in [0.5, 0.6) is 0 Å². The summed E-state index contributed by atoms with van der Waals surface area (Å²) in [7, 11) is 0. The zero-order chi connectivity index (χ0) is 9.97. The molecule has 2 aromatic rings. The first-order chi connectivity index (χ1) is 6.77. The minimum absolute atomic E-state index is 0.269. The molecule has 0 saturated heterocycles. The van der Waals surface area contributed by atoms with E-state index in [-0.39, 0.29) is 5.82 Å². The third kappa shape index (κ3) is 1.54. The average molecular weight is 189 g/mol. The summed E-state index contributed by atoms with van der Waals surface area (Å²) in [6.45, 7) is 0. The molecule has 2 N–H and O–H groups in total. The summed E-state index contributed by atoms with van der Waals surface area (Å²) in [5.41, 5.74) is 7.22. The number of nitrogens with two attached hydrogens (primary N) is 1. The van der Waals surface area contributed by atoms with E-state index in [1.807, 2.05) is 0 Å². The molecule has 1 aromatic carbocycles. The Morgan fingerprint density at radius 2 is 1.79 bits per heavy atom. The highest BCUT2D eigenvalue weighted by Gasteiger charge is 2.02. The fraction of sp³-hybridized carbons (Fsp3) is 0. The monoisotopic (exact) mass is 189 g/mol. The highest BCUT2D eigenvalue weighted by Crippen LogP contribution is 2.22. The number of anilines is 1. The van der Waals surface area contributed by atoms with E-state index in [1.165, 1.54) is 12.1 Å². The number of nitrogens with zero attached hydrogens (tertiary/aromatic N) is 2.